The molecule has 0 fully saturated rings. The van der Waals surface area contributed by atoms with E-state index in [9.17, 15) is 9.90 Å². The van der Waals surface area contributed by atoms with Gasteiger partial charge in [0.2, 0.25) is 0 Å². The number of carbonyl (C=O) groups is 1. The van der Waals surface area contributed by atoms with Gasteiger partial charge in [-0.25, -0.2) is 0 Å². The zero-order chi connectivity index (χ0) is 38.7. The monoisotopic (exact) mass is 958 g/mol. The Kier molecular flexibility index (Phi) is 10.3. The number of thioether (sulfide) groups is 13. The second-order valence-electron chi connectivity index (χ2n) is 16.7. The summed E-state index contributed by atoms with van der Waals surface area (Å²) in [7, 11) is 0. The predicted octanol–water partition coefficient (Wildman–Crippen LogP) is 16.6. The van der Waals surface area contributed by atoms with E-state index in [4.69, 9.17) is 0 Å². The lowest BCUT2D eigenvalue weighted by Gasteiger charge is -2.31. The fourth-order valence-corrected chi connectivity index (χ4v) is 26.5. The van der Waals surface area contributed by atoms with Crippen LogP contribution in [0.2, 0.25) is 0 Å². The summed E-state index contributed by atoms with van der Waals surface area (Å²) >= 11 is 25.9. The summed E-state index contributed by atoms with van der Waals surface area (Å²) in [6.07, 6.45) is 0. The average molecular weight is 960 g/mol. The molecule has 0 bridgehead atoms. The SMILES string of the molecule is CC1(C)Sc2cc3c(c(C(c4c5c(cc6c4SC(C)(C)S6)SC(C)(C)S5)c4c5c(c(SCC(=O)O)c6c4SC(C)(C)S6)SC(C)(C)S5)c2S1)SC(C)(C)S3. The summed E-state index contributed by atoms with van der Waals surface area (Å²) in [6.45, 7) is 28.6. The van der Waals surface area contributed by atoms with Crippen LogP contribution in [0.3, 0.4) is 0 Å². The fourth-order valence-electron chi connectivity index (χ4n) is 7.64. The van der Waals surface area contributed by atoms with Crippen LogP contribution in [0.15, 0.2) is 75.8 Å². The van der Waals surface area contributed by atoms with Gasteiger partial charge in [-0.1, -0.05) is 0 Å². The number of hydrogen-bond donors (Lipinski definition) is 1. The van der Waals surface area contributed by atoms with E-state index in [1.165, 1.54) is 92.1 Å². The van der Waals surface area contributed by atoms with Gasteiger partial charge in [0.05, 0.1) is 30.2 Å². The second kappa shape index (κ2) is 13.6. The minimum absolute atomic E-state index is 0.00965. The molecule has 3 aromatic rings. The number of benzene rings is 3. The van der Waals surface area contributed by atoms with E-state index in [2.05, 4.69) is 142 Å². The standard InChI is InChI=1S/C39H42O2S13/c1-34(2)43-16-13-17-26(48-35(3,4)44-17)22(25(16)47-34)21(23-27-18(45-36(5,6)49-27)14-19-28(23)50-37(7,8)46-19)24-29-32(53-38(9,10)51-29)31(42-15-20(40)41)33-30(24)52-39(11,12)54-33/h13-14,21H,15H2,1-12H3,(H,40,41). The Morgan fingerprint density at radius 1 is 0.463 bits per heavy atom. The topological polar surface area (TPSA) is 37.3 Å². The van der Waals surface area contributed by atoms with Gasteiger partial charge >= 0.3 is 5.97 Å². The Morgan fingerprint density at radius 3 is 1.04 bits per heavy atom. The summed E-state index contributed by atoms with van der Waals surface area (Å²) in [5.74, 6) is -0.685. The van der Waals surface area contributed by atoms with Crippen LogP contribution >= 0.6 is 153 Å². The molecule has 0 amide bonds. The predicted molar refractivity (Wildman–Crippen MR) is 253 cm³/mol. The molecule has 15 heteroatoms. The Labute approximate surface area is 376 Å². The van der Waals surface area contributed by atoms with Crippen molar-refractivity contribution in [1.29, 1.82) is 0 Å². The molecule has 0 saturated carbocycles. The first-order chi connectivity index (χ1) is 24.9. The minimum Gasteiger partial charge on any atom is -0.481 e. The molecule has 0 aromatic heterocycles. The van der Waals surface area contributed by atoms with Crippen molar-refractivity contribution in [1.82, 2.24) is 0 Å². The Hall–Kier alpha value is 1.68. The van der Waals surface area contributed by atoms with Gasteiger partial charge in [-0.05, 0) is 112 Å². The van der Waals surface area contributed by atoms with Crippen molar-refractivity contribution in [3.05, 3.63) is 28.8 Å². The van der Waals surface area contributed by atoms with Crippen molar-refractivity contribution in [2.24, 2.45) is 0 Å². The maximum Gasteiger partial charge on any atom is 0.313 e. The van der Waals surface area contributed by atoms with Gasteiger partial charge < -0.3 is 5.11 Å². The average Bonchev–Trinajstić information content (AvgIpc) is 3.80. The van der Waals surface area contributed by atoms with E-state index in [1.807, 2.05) is 94.1 Å². The molecule has 0 spiro atoms. The van der Waals surface area contributed by atoms with Crippen LogP contribution in [-0.2, 0) is 4.79 Å². The lowest BCUT2D eigenvalue weighted by molar-refractivity contribution is -0.133. The van der Waals surface area contributed by atoms with Crippen molar-refractivity contribution >= 4 is 159 Å². The van der Waals surface area contributed by atoms with Crippen LogP contribution < -0.4 is 0 Å². The molecule has 0 unspecified atom stereocenters. The first kappa shape index (κ1) is 41.1. The highest BCUT2D eigenvalue weighted by Crippen LogP contribution is 2.74. The number of hydrogen-bond acceptors (Lipinski definition) is 14. The normalized spacial score (nSPS) is 23.6. The maximum atomic E-state index is 12.2. The minimum atomic E-state index is -0.761. The van der Waals surface area contributed by atoms with E-state index in [-0.39, 0.29) is 36.1 Å². The third-order valence-corrected chi connectivity index (χ3v) is 27.4. The number of fused-ring (bicyclic) bond motifs is 6. The molecule has 9 rings (SSSR count). The van der Waals surface area contributed by atoms with Gasteiger partial charge in [0, 0.05) is 69.6 Å². The lowest BCUT2D eigenvalue weighted by Crippen LogP contribution is -2.14. The molecule has 0 aliphatic carbocycles. The van der Waals surface area contributed by atoms with E-state index >= 15 is 0 Å². The van der Waals surface area contributed by atoms with Gasteiger partial charge in [-0.15, -0.1) is 153 Å². The highest BCUT2D eigenvalue weighted by molar-refractivity contribution is 8.23. The first-order valence-electron chi connectivity index (χ1n) is 17.7. The van der Waals surface area contributed by atoms with E-state index < -0.39 is 5.97 Å². The molecule has 0 radical (unpaired) electrons. The molecule has 6 heterocycles. The number of carboxylic acids is 1. The number of rotatable bonds is 6. The molecule has 288 valence electrons. The molecule has 1 N–H and O–H groups in total. The molecule has 6 aliphatic heterocycles. The van der Waals surface area contributed by atoms with Gasteiger partial charge in [-0.3, -0.25) is 4.79 Å². The highest BCUT2D eigenvalue weighted by Gasteiger charge is 2.51. The smallest absolute Gasteiger partial charge is 0.313 e. The molecule has 0 saturated heterocycles. The quantitative estimate of drug-likeness (QED) is 0.188. The van der Waals surface area contributed by atoms with Crippen molar-refractivity contribution in [3.8, 4) is 0 Å². The third-order valence-electron chi connectivity index (χ3n) is 9.12. The van der Waals surface area contributed by atoms with Crippen molar-refractivity contribution in [3.63, 3.8) is 0 Å². The Morgan fingerprint density at radius 2 is 0.722 bits per heavy atom. The molecule has 6 aliphatic rings. The zero-order valence-electron chi connectivity index (χ0n) is 32.1. The summed E-state index contributed by atoms with van der Waals surface area (Å²) in [4.78, 5) is 30.2. The fraction of sp³-hybridized carbons (Fsp3) is 0.513. The zero-order valence-corrected chi connectivity index (χ0v) is 42.7. The first-order valence-corrected chi connectivity index (χ1v) is 28.5. The summed E-state index contributed by atoms with van der Waals surface area (Å²) in [5, 5.41) is 9.98. The molecular formula is C39H42O2S13. The lowest BCUT2D eigenvalue weighted by atomic mass is 9.84. The van der Waals surface area contributed by atoms with E-state index in [0.717, 1.165) is 0 Å². The van der Waals surface area contributed by atoms with Gasteiger partial charge in [0.25, 0.3) is 0 Å². The van der Waals surface area contributed by atoms with Crippen LogP contribution in [-0.4, -0.2) is 41.3 Å². The van der Waals surface area contributed by atoms with Crippen molar-refractivity contribution < 1.29 is 9.90 Å². The van der Waals surface area contributed by atoms with Crippen LogP contribution in [0.25, 0.3) is 0 Å². The molecule has 54 heavy (non-hydrogen) atoms. The van der Waals surface area contributed by atoms with Gasteiger partial charge in [-0.2, -0.15) is 0 Å². The second-order valence-corrected chi connectivity index (χ2v) is 38.9. The molecule has 2 nitrogen and oxygen atoms in total. The van der Waals surface area contributed by atoms with Crippen LogP contribution in [0, 0.1) is 0 Å². The highest BCUT2D eigenvalue weighted by atomic mass is 32.2. The summed E-state index contributed by atoms with van der Waals surface area (Å²) < 4.78 is -0.0493. The molecule has 3 aromatic carbocycles. The largest absolute Gasteiger partial charge is 0.481 e. The van der Waals surface area contributed by atoms with E-state index in [1.54, 1.807) is 0 Å². The number of carboxylic acid groups (broad SMARTS) is 1. The van der Waals surface area contributed by atoms with Crippen LogP contribution in [0.1, 0.15) is 106 Å². The Bertz CT molecular complexity index is 1980. The van der Waals surface area contributed by atoms with Gasteiger partial charge in [0.1, 0.15) is 0 Å². The number of aliphatic carboxylic acids is 1. The summed E-state index contributed by atoms with van der Waals surface area (Å²) in [5.41, 5.74) is 4.49. The van der Waals surface area contributed by atoms with Crippen LogP contribution in [0.4, 0.5) is 0 Å². The van der Waals surface area contributed by atoms with E-state index in [0.29, 0.717) is 0 Å². The maximum absolute atomic E-state index is 12.2. The third kappa shape index (κ3) is 7.32. The van der Waals surface area contributed by atoms with Gasteiger partial charge in [0.15, 0.2) is 0 Å². The molecule has 0 atom stereocenters. The molecular weight excluding hydrogens is 917 g/mol. The Balaban J connectivity index is 1.45. The van der Waals surface area contributed by atoms with Crippen molar-refractivity contribution in [2.75, 3.05) is 5.75 Å². The van der Waals surface area contributed by atoms with Crippen molar-refractivity contribution in [2.45, 2.75) is 177 Å². The summed E-state index contributed by atoms with van der Waals surface area (Å²) in [6, 6.07) is 5.04. The van der Waals surface area contributed by atoms with Crippen LogP contribution in [0.5, 0.6) is 0 Å².